The summed E-state index contributed by atoms with van der Waals surface area (Å²) in [6.45, 7) is 11.6. The summed E-state index contributed by atoms with van der Waals surface area (Å²) in [7, 11) is 0. The van der Waals surface area contributed by atoms with E-state index in [9.17, 15) is 4.79 Å². The van der Waals surface area contributed by atoms with E-state index in [-0.39, 0.29) is 6.09 Å². The molecule has 1 heterocycles. The van der Waals surface area contributed by atoms with Crippen molar-refractivity contribution in [1.82, 2.24) is 4.90 Å². The van der Waals surface area contributed by atoms with Crippen LogP contribution in [0, 0.1) is 12.8 Å². The van der Waals surface area contributed by atoms with E-state index in [1.165, 1.54) is 5.56 Å². The second kappa shape index (κ2) is 7.77. The van der Waals surface area contributed by atoms with Crippen LogP contribution >= 0.6 is 15.9 Å². The lowest BCUT2D eigenvalue weighted by Gasteiger charge is -2.36. The molecule has 24 heavy (non-hydrogen) atoms. The van der Waals surface area contributed by atoms with Gasteiger partial charge in [-0.2, -0.15) is 0 Å². The molecule has 1 aromatic rings. The molecular weight excluding hydrogens is 368 g/mol. The number of ether oxygens (including phenoxy) is 1. The number of anilines is 1. The number of hydrogen-bond donors (Lipinski definition) is 1. The number of nitrogens with one attached hydrogen (secondary N) is 1. The highest BCUT2D eigenvalue weighted by Crippen LogP contribution is 2.26. The molecular formula is C19H29BrN2O2. The molecule has 0 aliphatic carbocycles. The maximum atomic E-state index is 12.1. The Morgan fingerprint density at radius 1 is 1.33 bits per heavy atom. The highest BCUT2D eigenvalue weighted by Gasteiger charge is 2.29. The summed E-state index contributed by atoms with van der Waals surface area (Å²) in [6, 6.07) is 6.73. The number of rotatable bonds is 3. The van der Waals surface area contributed by atoms with Gasteiger partial charge >= 0.3 is 6.09 Å². The first-order chi connectivity index (χ1) is 11.2. The fourth-order valence-electron chi connectivity index (χ4n) is 2.97. The number of piperidine rings is 1. The zero-order chi connectivity index (χ0) is 17.9. The van der Waals surface area contributed by atoms with Gasteiger partial charge in [0.1, 0.15) is 5.60 Å². The molecule has 1 unspecified atom stereocenters. The predicted molar refractivity (Wildman–Crippen MR) is 102 cm³/mol. The van der Waals surface area contributed by atoms with E-state index >= 15 is 0 Å². The van der Waals surface area contributed by atoms with Gasteiger partial charge < -0.3 is 15.0 Å². The molecule has 1 saturated heterocycles. The molecule has 1 amide bonds. The minimum absolute atomic E-state index is 0.191. The quantitative estimate of drug-likeness (QED) is 0.762. The van der Waals surface area contributed by atoms with Gasteiger partial charge in [0, 0.05) is 29.3 Å². The molecule has 0 saturated carbocycles. The first-order valence-corrected chi connectivity index (χ1v) is 9.45. The SMILES string of the molecule is Cc1ccc(NC(C)C2CCN(C(=O)OC(C)(C)C)CC2)cc1Br. The number of hydrogen-bond acceptors (Lipinski definition) is 3. The lowest BCUT2D eigenvalue weighted by Crippen LogP contribution is -2.44. The smallest absolute Gasteiger partial charge is 0.410 e. The van der Waals surface area contributed by atoms with Crippen LogP contribution in [-0.4, -0.2) is 35.7 Å². The molecule has 0 aromatic heterocycles. The standard InChI is InChI=1S/C19H29BrN2O2/c1-13-6-7-16(12-17(13)20)21-14(2)15-8-10-22(11-9-15)18(23)24-19(3,4)5/h6-7,12,14-15,21H,8-11H2,1-5H3. The van der Waals surface area contributed by atoms with Gasteiger partial charge in [0.15, 0.2) is 0 Å². The molecule has 0 spiro atoms. The second-order valence-electron chi connectivity index (χ2n) is 7.70. The summed E-state index contributed by atoms with van der Waals surface area (Å²) < 4.78 is 6.58. The molecule has 1 N–H and O–H groups in total. The second-order valence-corrected chi connectivity index (χ2v) is 8.56. The molecule has 1 atom stereocenters. The van der Waals surface area contributed by atoms with E-state index < -0.39 is 5.60 Å². The summed E-state index contributed by atoms with van der Waals surface area (Å²) in [5, 5.41) is 3.60. The molecule has 134 valence electrons. The lowest BCUT2D eigenvalue weighted by molar-refractivity contribution is 0.0179. The first kappa shape index (κ1) is 19.1. The van der Waals surface area contributed by atoms with Gasteiger partial charge in [-0.1, -0.05) is 22.0 Å². The molecule has 1 aliphatic rings. The molecule has 1 aromatic carbocycles. The Labute approximate surface area is 154 Å². The molecule has 1 aliphatic heterocycles. The summed E-state index contributed by atoms with van der Waals surface area (Å²) in [5.41, 5.74) is 1.94. The largest absolute Gasteiger partial charge is 0.444 e. The maximum Gasteiger partial charge on any atom is 0.410 e. The molecule has 1 fully saturated rings. The van der Waals surface area contributed by atoms with E-state index in [0.29, 0.717) is 12.0 Å². The Morgan fingerprint density at radius 3 is 2.50 bits per heavy atom. The average Bonchev–Trinajstić information content (AvgIpc) is 2.49. The van der Waals surface area contributed by atoms with Crippen molar-refractivity contribution in [1.29, 1.82) is 0 Å². The van der Waals surface area contributed by atoms with E-state index in [4.69, 9.17) is 4.74 Å². The zero-order valence-electron chi connectivity index (χ0n) is 15.4. The van der Waals surface area contributed by atoms with Crippen LogP contribution in [0.4, 0.5) is 10.5 Å². The van der Waals surface area contributed by atoms with Crippen molar-refractivity contribution in [2.75, 3.05) is 18.4 Å². The van der Waals surface area contributed by atoms with Crippen molar-refractivity contribution in [3.05, 3.63) is 28.2 Å². The number of amides is 1. The van der Waals surface area contributed by atoms with E-state index in [2.05, 4.69) is 53.3 Å². The highest BCUT2D eigenvalue weighted by molar-refractivity contribution is 9.10. The minimum atomic E-state index is -0.429. The maximum absolute atomic E-state index is 12.1. The Balaban J connectivity index is 1.85. The van der Waals surface area contributed by atoms with Crippen molar-refractivity contribution >= 4 is 27.7 Å². The third kappa shape index (κ3) is 5.40. The number of nitrogens with zero attached hydrogens (tertiary/aromatic N) is 1. The number of carbonyl (C=O) groups is 1. The van der Waals surface area contributed by atoms with Gasteiger partial charge in [-0.25, -0.2) is 4.79 Å². The monoisotopic (exact) mass is 396 g/mol. The topological polar surface area (TPSA) is 41.6 Å². The van der Waals surface area contributed by atoms with Crippen LogP contribution in [0.5, 0.6) is 0 Å². The summed E-state index contributed by atoms with van der Waals surface area (Å²) in [4.78, 5) is 14.0. The first-order valence-electron chi connectivity index (χ1n) is 8.66. The van der Waals surface area contributed by atoms with Crippen LogP contribution < -0.4 is 5.32 Å². The van der Waals surface area contributed by atoms with E-state index in [1.807, 2.05) is 25.7 Å². The number of halogens is 1. The molecule has 0 bridgehead atoms. The Morgan fingerprint density at radius 2 is 1.96 bits per heavy atom. The summed E-state index contributed by atoms with van der Waals surface area (Å²) >= 11 is 3.58. The zero-order valence-corrected chi connectivity index (χ0v) is 16.9. The molecule has 4 nitrogen and oxygen atoms in total. The number of benzene rings is 1. The predicted octanol–water partition coefficient (Wildman–Crippen LogP) is 5.21. The van der Waals surface area contributed by atoms with Crippen LogP contribution in [0.25, 0.3) is 0 Å². The highest BCUT2D eigenvalue weighted by atomic mass is 79.9. The van der Waals surface area contributed by atoms with Crippen LogP contribution in [0.2, 0.25) is 0 Å². The summed E-state index contributed by atoms with van der Waals surface area (Å²) in [5.74, 6) is 0.559. The number of carbonyl (C=O) groups excluding carboxylic acids is 1. The van der Waals surface area contributed by atoms with E-state index in [1.54, 1.807) is 0 Å². The van der Waals surface area contributed by atoms with Crippen LogP contribution in [0.3, 0.4) is 0 Å². The van der Waals surface area contributed by atoms with Gasteiger partial charge in [-0.15, -0.1) is 0 Å². The average molecular weight is 397 g/mol. The fraction of sp³-hybridized carbons (Fsp3) is 0.632. The van der Waals surface area contributed by atoms with E-state index in [0.717, 1.165) is 36.1 Å². The third-order valence-corrected chi connectivity index (χ3v) is 5.32. The Kier molecular flexibility index (Phi) is 6.18. The van der Waals surface area contributed by atoms with Crippen molar-refractivity contribution in [2.24, 2.45) is 5.92 Å². The van der Waals surface area contributed by atoms with Crippen LogP contribution in [-0.2, 0) is 4.74 Å². The van der Waals surface area contributed by atoms with Crippen LogP contribution in [0.1, 0.15) is 46.1 Å². The third-order valence-electron chi connectivity index (χ3n) is 4.46. The normalized spacial score (nSPS) is 17.5. The Bertz CT molecular complexity index is 575. The van der Waals surface area contributed by atoms with Gasteiger partial charge in [0.25, 0.3) is 0 Å². The van der Waals surface area contributed by atoms with Crippen molar-refractivity contribution in [3.8, 4) is 0 Å². The van der Waals surface area contributed by atoms with Gasteiger partial charge in [-0.05, 0) is 71.1 Å². The van der Waals surface area contributed by atoms with Crippen molar-refractivity contribution < 1.29 is 9.53 Å². The van der Waals surface area contributed by atoms with Crippen LogP contribution in [0.15, 0.2) is 22.7 Å². The molecule has 0 radical (unpaired) electrons. The fourth-order valence-corrected chi connectivity index (χ4v) is 3.35. The Hall–Kier alpha value is -1.23. The lowest BCUT2D eigenvalue weighted by atomic mass is 9.90. The molecule has 5 heteroatoms. The van der Waals surface area contributed by atoms with Crippen molar-refractivity contribution in [3.63, 3.8) is 0 Å². The van der Waals surface area contributed by atoms with Crippen molar-refractivity contribution in [2.45, 2.75) is 59.1 Å². The molecule has 2 rings (SSSR count). The minimum Gasteiger partial charge on any atom is -0.444 e. The number of likely N-dealkylation sites (tertiary alicyclic amines) is 1. The van der Waals surface area contributed by atoms with Gasteiger partial charge in [-0.3, -0.25) is 0 Å². The van der Waals surface area contributed by atoms with Gasteiger partial charge in [0.2, 0.25) is 0 Å². The van der Waals surface area contributed by atoms with Gasteiger partial charge in [0.05, 0.1) is 0 Å². The summed E-state index contributed by atoms with van der Waals surface area (Å²) in [6.07, 6.45) is 1.81. The number of aryl methyl sites for hydroxylation is 1.